The summed E-state index contributed by atoms with van der Waals surface area (Å²) in [5, 5.41) is 2.05. The summed E-state index contributed by atoms with van der Waals surface area (Å²) in [6.07, 6.45) is 0.529. The van der Waals surface area contributed by atoms with Crippen LogP contribution in [-0.4, -0.2) is 40.6 Å². The molecule has 0 unspecified atom stereocenters. The van der Waals surface area contributed by atoms with Crippen LogP contribution in [0.5, 0.6) is 0 Å². The molecule has 130 valence electrons. The van der Waals surface area contributed by atoms with E-state index in [9.17, 15) is 4.79 Å². The van der Waals surface area contributed by atoms with Crippen molar-refractivity contribution in [3.8, 4) is 0 Å². The SMILES string of the molecule is COCCn1c([C@@H]2CC(=O)N(Cc3cccs3)C2)nc2ccccc21. The van der Waals surface area contributed by atoms with E-state index in [-0.39, 0.29) is 11.8 Å². The lowest BCUT2D eigenvalue weighted by Gasteiger charge is -2.16. The Kier molecular flexibility index (Phi) is 4.55. The maximum atomic E-state index is 12.5. The van der Waals surface area contributed by atoms with Gasteiger partial charge in [0.05, 0.1) is 24.2 Å². The van der Waals surface area contributed by atoms with Crippen molar-refractivity contribution in [3.05, 3.63) is 52.5 Å². The molecule has 25 heavy (non-hydrogen) atoms. The predicted octanol–water partition coefficient (Wildman–Crippen LogP) is 3.26. The number of benzene rings is 1. The van der Waals surface area contributed by atoms with Crippen molar-refractivity contribution in [1.82, 2.24) is 14.5 Å². The third-order valence-electron chi connectivity index (χ3n) is 4.71. The molecular formula is C19H21N3O2S. The van der Waals surface area contributed by atoms with Crippen molar-refractivity contribution in [3.63, 3.8) is 0 Å². The molecule has 0 bridgehead atoms. The zero-order valence-corrected chi connectivity index (χ0v) is 15.0. The Morgan fingerprint density at radius 3 is 2.96 bits per heavy atom. The number of carbonyl (C=O) groups excluding carboxylic acids is 1. The number of para-hydroxylation sites is 2. The van der Waals surface area contributed by atoms with Crippen molar-refractivity contribution >= 4 is 28.3 Å². The van der Waals surface area contributed by atoms with E-state index in [4.69, 9.17) is 9.72 Å². The van der Waals surface area contributed by atoms with Gasteiger partial charge < -0.3 is 14.2 Å². The second-order valence-corrected chi connectivity index (χ2v) is 7.39. The Morgan fingerprint density at radius 1 is 1.28 bits per heavy atom. The molecule has 0 radical (unpaired) electrons. The van der Waals surface area contributed by atoms with E-state index in [2.05, 4.69) is 22.1 Å². The van der Waals surface area contributed by atoms with Crippen LogP contribution in [-0.2, 0) is 22.6 Å². The summed E-state index contributed by atoms with van der Waals surface area (Å²) in [6, 6.07) is 12.3. The molecule has 4 rings (SSSR count). The molecule has 6 heteroatoms. The minimum atomic E-state index is 0.136. The van der Waals surface area contributed by atoms with E-state index < -0.39 is 0 Å². The number of methoxy groups -OCH3 is 1. The van der Waals surface area contributed by atoms with Gasteiger partial charge in [0.25, 0.3) is 0 Å². The molecule has 1 aliphatic heterocycles. The highest BCUT2D eigenvalue weighted by molar-refractivity contribution is 7.09. The van der Waals surface area contributed by atoms with Gasteiger partial charge in [-0.05, 0) is 23.6 Å². The minimum absolute atomic E-state index is 0.136. The Hall–Kier alpha value is -2.18. The third kappa shape index (κ3) is 3.19. The second kappa shape index (κ2) is 6.98. The maximum Gasteiger partial charge on any atom is 0.223 e. The first-order chi connectivity index (χ1) is 12.3. The average molecular weight is 355 g/mol. The summed E-state index contributed by atoms with van der Waals surface area (Å²) >= 11 is 1.70. The van der Waals surface area contributed by atoms with Gasteiger partial charge in [0, 0.05) is 37.4 Å². The van der Waals surface area contributed by atoms with Crippen LogP contribution in [0, 0.1) is 0 Å². The maximum absolute atomic E-state index is 12.5. The number of amides is 1. The van der Waals surface area contributed by atoms with E-state index in [1.807, 2.05) is 29.2 Å². The van der Waals surface area contributed by atoms with Gasteiger partial charge in [-0.1, -0.05) is 18.2 Å². The average Bonchev–Trinajstić information content (AvgIpc) is 3.33. The minimum Gasteiger partial charge on any atom is -0.383 e. The van der Waals surface area contributed by atoms with Gasteiger partial charge >= 0.3 is 0 Å². The molecule has 1 amide bonds. The fourth-order valence-electron chi connectivity index (χ4n) is 3.51. The fraction of sp³-hybridized carbons (Fsp3) is 0.368. The lowest BCUT2D eigenvalue weighted by molar-refractivity contribution is -0.128. The van der Waals surface area contributed by atoms with Crippen LogP contribution in [0.1, 0.15) is 23.0 Å². The van der Waals surface area contributed by atoms with Crippen LogP contribution in [0.25, 0.3) is 11.0 Å². The number of ether oxygens (including phenoxy) is 1. The van der Waals surface area contributed by atoms with Crippen molar-refractivity contribution < 1.29 is 9.53 Å². The van der Waals surface area contributed by atoms with E-state index >= 15 is 0 Å². The first-order valence-electron chi connectivity index (χ1n) is 8.50. The number of imidazole rings is 1. The quantitative estimate of drug-likeness (QED) is 0.682. The van der Waals surface area contributed by atoms with Gasteiger partial charge in [0.15, 0.2) is 0 Å². The number of hydrogen-bond donors (Lipinski definition) is 0. The van der Waals surface area contributed by atoms with Crippen molar-refractivity contribution in [2.45, 2.75) is 25.4 Å². The number of aromatic nitrogens is 2. The first kappa shape index (κ1) is 16.3. The van der Waals surface area contributed by atoms with E-state index in [0.717, 1.165) is 29.9 Å². The molecule has 0 aliphatic carbocycles. The molecule has 1 aromatic carbocycles. The monoisotopic (exact) mass is 355 g/mol. The first-order valence-corrected chi connectivity index (χ1v) is 9.38. The molecule has 0 saturated carbocycles. The summed E-state index contributed by atoms with van der Waals surface area (Å²) in [4.78, 5) is 20.5. The standard InChI is InChI=1S/C19H21N3O2S/c1-24-9-8-22-17-7-3-2-6-16(17)20-19(22)14-11-18(23)21(12-14)13-15-5-4-10-25-15/h2-7,10,14H,8-9,11-13H2,1H3/t14-/m1/s1. The van der Waals surface area contributed by atoms with E-state index in [1.165, 1.54) is 4.88 Å². The number of nitrogens with zero attached hydrogens (tertiary/aromatic N) is 3. The number of carbonyl (C=O) groups is 1. The lowest BCUT2D eigenvalue weighted by Crippen LogP contribution is -2.24. The van der Waals surface area contributed by atoms with Gasteiger partial charge in [-0.2, -0.15) is 0 Å². The van der Waals surface area contributed by atoms with Gasteiger partial charge in [-0.25, -0.2) is 4.98 Å². The van der Waals surface area contributed by atoms with E-state index in [0.29, 0.717) is 19.6 Å². The number of likely N-dealkylation sites (tertiary alicyclic amines) is 1. The Bertz CT molecular complexity index is 872. The van der Waals surface area contributed by atoms with Gasteiger partial charge in [0.1, 0.15) is 5.82 Å². The van der Waals surface area contributed by atoms with Crippen LogP contribution >= 0.6 is 11.3 Å². The van der Waals surface area contributed by atoms with Gasteiger partial charge in [0.2, 0.25) is 5.91 Å². The van der Waals surface area contributed by atoms with Crippen LogP contribution in [0.3, 0.4) is 0 Å². The number of hydrogen-bond acceptors (Lipinski definition) is 4. The van der Waals surface area contributed by atoms with Crippen molar-refractivity contribution in [2.75, 3.05) is 20.3 Å². The smallest absolute Gasteiger partial charge is 0.223 e. The van der Waals surface area contributed by atoms with Crippen molar-refractivity contribution in [1.29, 1.82) is 0 Å². The molecule has 1 atom stereocenters. The summed E-state index contributed by atoms with van der Waals surface area (Å²) in [5.74, 6) is 1.35. The molecule has 3 heterocycles. The molecule has 1 saturated heterocycles. The fourth-order valence-corrected chi connectivity index (χ4v) is 4.23. The molecule has 2 aromatic heterocycles. The predicted molar refractivity (Wildman–Crippen MR) is 98.7 cm³/mol. The number of rotatable bonds is 6. The lowest BCUT2D eigenvalue weighted by atomic mass is 10.1. The Labute approximate surface area is 150 Å². The molecule has 5 nitrogen and oxygen atoms in total. The Balaban J connectivity index is 1.62. The van der Waals surface area contributed by atoms with E-state index in [1.54, 1.807) is 18.4 Å². The zero-order valence-electron chi connectivity index (χ0n) is 14.2. The largest absolute Gasteiger partial charge is 0.383 e. The summed E-state index contributed by atoms with van der Waals surface area (Å²) < 4.78 is 7.48. The molecule has 0 N–H and O–H groups in total. The normalized spacial score (nSPS) is 17.7. The van der Waals surface area contributed by atoms with Crippen LogP contribution in [0.15, 0.2) is 41.8 Å². The van der Waals surface area contributed by atoms with Crippen LogP contribution in [0.4, 0.5) is 0 Å². The highest BCUT2D eigenvalue weighted by Crippen LogP contribution is 2.31. The molecular weight excluding hydrogens is 334 g/mol. The van der Waals surface area contributed by atoms with Crippen LogP contribution < -0.4 is 0 Å². The van der Waals surface area contributed by atoms with Crippen molar-refractivity contribution in [2.24, 2.45) is 0 Å². The second-order valence-electron chi connectivity index (χ2n) is 6.36. The van der Waals surface area contributed by atoms with Crippen LogP contribution in [0.2, 0.25) is 0 Å². The number of thiophene rings is 1. The molecule has 1 fully saturated rings. The Morgan fingerprint density at radius 2 is 2.16 bits per heavy atom. The topological polar surface area (TPSA) is 47.4 Å². The molecule has 3 aromatic rings. The summed E-state index contributed by atoms with van der Waals surface area (Å²) in [5.41, 5.74) is 2.09. The van der Waals surface area contributed by atoms with Gasteiger partial charge in [-0.3, -0.25) is 4.79 Å². The highest BCUT2D eigenvalue weighted by atomic mass is 32.1. The summed E-state index contributed by atoms with van der Waals surface area (Å²) in [6.45, 7) is 2.81. The molecule has 1 aliphatic rings. The zero-order chi connectivity index (χ0) is 17.2. The third-order valence-corrected chi connectivity index (χ3v) is 5.57. The number of fused-ring (bicyclic) bond motifs is 1. The highest BCUT2D eigenvalue weighted by Gasteiger charge is 2.34. The molecule has 0 spiro atoms. The van der Waals surface area contributed by atoms with Gasteiger partial charge in [-0.15, -0.1) is 11.3 Å². The summed E-state index contributed by atoms with van der Waals surface area (Å²) in [7, 11) is 1.71.